The van der Waals surface area contributed by atoms with E-state index in [2.05, 4.69) is 5.32 Å². The smallest absolute Gasteiger partial charge is 0.242 e. The van der Waals surface area contributed by atoms with Crippen LogP contribution in [0.1, 0.15) is 56.2 Å². The molecule has 1 N–H and O–H groups in total. The number of nitrogens with one attached hydrogen (secondary N) is 1. The normalized spacial score (nSPS) is 12.1. The second-order valence-electron chi connectivity index (χ2n) is 8.95. The lowest BCUT2D eigenvalue weighted by atomic mass is 10.1. The van der Waals surface area contributed by atoms with E-state index in [9.17, 15) is 18.0 Å². The van der Waals surface area contributed by atoms with Gasteiger partial charge in [0, 0.05) is 26.1 Å². The van der Waals surface area contributed by atoms with E-state index in [1.54, 1.807) is 17.0 Å². The number of nitrogens with zero attached hydrogens (tertiary/aromatic N) is 2. The number of hydrogen-bond donors (Lipinski definition) is 1. The van der Waals surface area contributed by atoms with Crippen molar-refractivity contribution in [1.29, 1.82) is 0 Å². The van der Waals surface area contributed by atoms with Crippen LogP contribution in [-0.2, 0) is 26.2 Å². The minimum absolute atomic E-state index is 0.140. The van der Waals surface area contributed by atoms with Gasteiger partial charge >= 0.3 is 0 Å². The molecule has 0 aromatic heterocycles. The number of carbonyl (C=O) groups is 2. The molecular weight excluding hydrogens is 462 g/mol. The average molecular weight is 502 g/mol. The summed E-state index contributed by atoms with van der Waals surface area (Å²) in [6.07, 6.45) is 2.97. The predicted molar refractivity (Wildman–Crippen MR) is 142 cm³/mol. The Labute approximate surface area is 210 Å². The van der Waals surface area contributed by atoms with E-state index in [4.69, 9.17) is 0 Å². The average Bonchev–Trinajstić information content (AvgIpc) is 2.80. The van der Waals surface area contributed by atoms with Crippen LogP contribution < -0.4 is 9.62 Å². The molecule has 1 atom stereocenters. The molecule has 2 aromatic rings. The summed E-state index contributed by atoms with van der Waals surface area (Å²) in [7, 11) is -3.51. The molecule has 0 radical (unpaired) electrons. The molecule has 0 saturated heterocycles. The molecule has 35 heavy (non-hydrogen) atoms. The highest BCUT2D eigenvalue weighted by Gasteiger charge is 2.28. The van der Waals surface area contributed by atoms with Crippen LogP contribution >= 0.6 is 0 Å². The Balaban J connectivity index is 2.21. The van der Waals surface area contributed by atoms with Crippen LogP contribution in [0, 0.1) is 13.8 Å². The Morgan fingerprint density at radius 3 is 2.34 bits per heavy atom. The van der Waals surface area contributed by atoms with Crippen molar-refractivity contribution in [3.05, 3.63) is 65.2 Å². The first-order valence-electron chi connectivity index (χ1n) is 12.2. The third-order valence-electron chi connectivity index (χ3n) is 5.91. The van der Waals surface area contributed by atoms with E-state index >= 15 is 0 Å². The van der Waals surface area contributed by atoms with E-state index in [-0.39, 0.29) is 24.8 Å². The zero-order chi connectivity index (χ0) is 26.0. The molecule has 7 nitrogen and oxygen atoms in total. The number of benzene rings is 2. The zero-order valence-electron chi connectivity index (χ0n) is 21.6. The van der Waals surface area contributed by atoms with Gasteiger partial charge in [-0.1, -0.05) is 61.9 Å². The van der Waals surface area contributed by atoms with E-state index in [1.165, 1.54) is 10.6 Å². The molecule has 0 spiro atoms. The minimum atomic E-state index is -3.51. The predicted octanol–water partition coefficient (Wildman–Crippen LogP) is 4.18. The molecular formula is C27H39N3O4S. The Morgan fingerprint density at radius 2 is 1.74 bits per heavy atom. The van der Waals surface area contributed by atoms with Gasteiger partial charge in [-0.3, -0.25) is 13.9 Å². The van der Waals surface area contributed by atoms with Crippen LogP contribution in [0.15, 0.2) is 48.5 Å². The van der Waals surface area contributed by atoms with Gasteiger partial charge in [-0.2, -0.15) is 0 Å². The summed E-state index contributed by atoms with van der Waals surface area (Å²) < 4.78 is 26.3. The lowest BCUT2D eigenvalue weighted by Crippen LogP contribution is -2.49. The SMILES string of the molecule is CCCNC(=O)[C@@H](CC)N(Cc1cccc(C)c1)C(=O)CCCN(c1ccccc1C)S(C)(=O)=O. The Bertz CT molecular complexity index is 1100. The highest BCUT2D eigenvalue weighted by molar-refractivity contribution is 7.92. The summed E-state index contributed by atoms with van der Waals surface area (Å²) >= 11 is 0. The van der Waals surface area contributed by atoms with E-state index in [0.717, 1.165) is 23.1 Å². The molecule has 0 aliphatic carbocycles. The summed E-state index contributed by atoms with van der Waals surface area (Å²) in [5.74, 6) is -0.323. The molecule has 2 amide bonds. The molecule has 0 saturated carbocycles. The van der Waals surface area contributed by atoms with Crippen LogP contribution in [0.4, 0.5) is 5.69 Å². The number of rotatable bonds is 13. The molecule has 0 heterocycles. The maximum atomic E-state index is 13.4. The van der Waals surface area contributed by atoms with Gasteiger partial charge in [-0.05, 0) is 50.3 Å². The summed E-state index contributed by atoms with van der Waals surface area (Å²) in [6.45, 7) is 8.81. The topological polar surface area (TPSA) is 86.8 Å². The van der Waals surface area contributed by atoms with Crippen molar-refractivity contribution in [3.8, 4) is 0 Å². The Morgan fingerprint density at radius 1 is 1.03 bits per heavy atom. The number of hydrogen-bond acceptors (Lipinski definition) is 4. The van der Waals surface area contributed by atoms with Gasteiger partial charge in [0.2, 0.25) is 21.8 Å². The van der Waals surface area contributed by atoms with Crippen LogP contribution in [-0.4, -0.2) is 50.5 Å². The van der Waals surface area contributed by atoms with Gasteiger partial charge in [0.15, 0.2) is 0 Å². The van der Waals surface area contributed by atoms with E-state index < -0.39 is 16.1 Å². The third-order valence-corrected chi connectivity index (χ3v) is 7.09. The first-order valence-corrected chi connectivity index (χ1v) is 14.1. The molecule has 0 bridgehead atoms. The van der Waals surface area contributed by atoms with E-state index in [0.29, 0.717) is 31.6 Å². The minimum Gasteiger partial charge on any atom is -0.354 e. The van der Waals surface area contributed by atoms with Gasteiger partial charge < -0.3 is 10.2 Å². The second-order valence-corrected chi connectivity index (χ2v) is 10.9. The summed E-state index contributed by atoms with van der Waals surface area (Å²) in [4.78, 5) is 27.9. The first-order chi connectivity index (χ1) is 16.6. The van der Waals surface area contributed by atoms with Crippen LogP contribution in [0.3, 0.4) is 0 Å². The van der Waals surface area contributed by atoms with Crippen molar-refractivity contribution < 1.29 is 18.0 Å². The molecule has 0 aliphatic heterocycles. The van der Waals surface area contributed by atoms with Gasteiger partial charge in [0.1, 0.15) is 6.04 Å². The largest absolute Gasteiger partial charge is 0.354 e. The number of carbonyl (C=O) groups excluding carboxylic acids is 2. The summed E-state index contributed by atoms with van der Waals surface area (Å²) in [5, 5.41) is 2.92. The van der Waals surface area contributed by atoms with Crippen molar-refractivity contribution in [2.45, 2.75) is 66.0 Å². The first kappa shape index (κ1) is 28.4. The maximum Gasteiger partial charge on any atom is 0.242 e. The fourth-order valence-corrected chi connectivity index (χ4v) is 5.14. The lowest BCUT2D eigenvalue weighted by molar-refractivity contribution is -0.141. The van der Waals surface area contributed by atoms with Crippen LogP contribution in [0.25, 0.3) is 0 Å². The fourth-order valence-electron chi connectivity index (χ4n) is 4.12. The van der Waals surface area contributed by atoms with Gasteiger partial charge in [0.25, 0.3) is 0 Å². The van der Waals surface area contributed by atoms with Gasteiger partial charge in [-0.25, -0.2) is 8.42 Å². The highest BCUT2D eigenvalue weighted by Crippen LogP contribution is 2.23. The molecule has 0 unspecified atom stereocenters. The Kier molecular flexibility index (Phi) is 10.8. The van der Waals surface area contributed by atoms with Crippen LogP contribution in [0.5, 0.6) is 0 Å². The van der Waals surface area contributed by atoms with Gasteiger partial charge in [0.05, 0.1) is 11.9 Å². The second kappa shape index (κ2) is 13.3. The number of amides is 2. The molecule has 2 rings (SSSR count). The monoisotopic (exact) mass is 501 g/mol. The fraction of sp³-hybridized carbons (Fsp3) is 0.481. The van der Waals surface area contributed by atoms with Crippen molar-refractivity contribution >= 4 is 27.5 Å². The Hall–Kier alpha value is -2.87. The summed E-state index contributed by atoms with van der Waals surface area (Å²) in [6, 6.07) is 14.6. The number of anilines is 1. The zero-order valence-corrected chi connectivity index (χ0v) is 22.4. The van der Waals surface area contributed by atoms with E-state index in [1.807, 2.05) is 64.1 Å². The van der Waals surface area contributed by atoms with Crippen molar-refractivity contribution in [1.82, 2.24) is 10.2 Å². The number of sulfonamides is 1. The third kappa shape index (κ3) is 8.38. The quantitative estimate of drug-likeness (QED) is 0.446. The molecule has 0 fully saturated rings. The maximum absolute atomic E-state index is 13.4. The highest BCUT2D eigenvalue weighted by atomic mass is 32.2. The standard InChI is InChI=1S/C27H39N3O4S/c1-6-17-28-27(32)24(7-2)29(20-23-14-10-12-21(3)19-23)26(31)16-11-18-30(35(5,33)34)25-15-9-8-13-22(25)4/h8-10,12-15,19,24H,6-7,11,16-18,20H2,1-5H3,(H,28,32)/t24-/m1/s1. The number of aryl methyl sites for hydroxylation is 2. The lowest BCUT2D eigenvalue weighted by Gasteiger charge is -2.31. The molecule has 0 aliphatic rings. The summed E-state index contributed by atoms with van der Waals surface area (Å²) in [5.41, 5.74) is 3.51. The van der Waals surface area contributed by atoms with Crippen LogP contribution in [0.2, 0.25) is 0 Å². The van der Waals surface area contributed by atoms with Crippen molar-refractivity contribution in [3.63, 3.8) is 0 Å². The van der Waals surface area contributed by atoms with Gasteiger partial charge in [-0.15, -0.1) is 0 Å². The molecule has 192 valence electrons. The molecule has 8 heteroatoms. The number of para-hydroxylation sites is 1. The molecule has 2 aromatic carbocycles. The van der Waals surface area contributed by atoms with Crippen molar-refractivity contribution in [2.24, 2.45) is 0 Å². The van der Waals surface area contributed by atoms with Crippen molar-refractivity contribution in [2.75, 3.05) is 23.7 Å².